The lowest BCUT2D eigenvalue weighted by atomic mass is 9.95. The third-order valence-corrected chi connectivity index (χ3v) is 3.98. The first kappa shape index (κ1) is 18.7. The van der Waals surface area contributed by atoms with Gasteiger partial charge in [0, 0.05) is 13.6 Å². The zero-order valence-corrected chi connectivity index (χ0v) is 13.2. The van der Waals surface area contributed by atoms with Crippen molar-refractivity contribution in [1.82, 2.24) is 0 Å². The van der Waals surface area contributed by atoms with E-state index >= 15 is 0 Å². The number of unbranched alkanes of at least 4 members (excludes halogenated alkanes) is 1. The molecule has 0 heterocycles. The highest BCUT2D eigenvalue weighted by Gasteiger charge is 2.27. The van der Waals surface area contributed by atoms with Crippen LogP contribution in [0.1, 0.15) is 46.0 Å². The molecule has 0 bridgehead atoms. The van der Waals surface area contributed by atoms with Gasteiger partial charge in [-0.2, -0.15) is 0 Å². The number of nitrogens with zero attached hydrogens (tertiary/aromatic N) is 1. The van der Waals surface area contributed by atoms with Gasteiger partial charge in [0.1, 0.15) is 5.69 Å². The van der Waals surface area contributed by atoms with Crippen LogP contribution in [-0.2, 0) is 0 Å². The highest BCUT2D eigenvalue weighted by atomic mass is 19.2. The van der Waals surface area contributed by atoms with Crippen molar-refractivity contribution >= 4 is 5.69 Å². The van der Waals surface area contributed by atoms with Crippen molar-refractivity contribution in [3.05, 3.63) is 29.1 Å². The van der Waals surface area contributed by atoms with E-state index < -0.39 is 34.8 Å². The summed E-state index contributed by atoms with van der Waals surface area (Å²) in [6, 6.07) is 0. The second kappa shape index (κ2) is 8.34. The molecule has 0 spiro atoms. The first-order valence-corrected chi connectivity index (χ1v) is 7.57. The molecule has 0 aliphatic carbocycles. The van der Waals surface area contributed by atoms with Gasteiger partial charge in [-0.25, -0.2) is 22.0 Å². The van der Waals surface area contributed by atoms with Crippen LogP contribution in [0.5, 0.6) is 0 Å². The molecule has 0 aromatic heterocycles. The summed E-state index contributed by atoms with van der Waals surface area (Å²) in [4.78, 5) is 1.10. The van der Waals surface area contributed by atoms with Crippen LogP contribution in [0.25, 0.3) is 0 Å². The molecule has 0 amide bonds. The van der Waals surface area contributed by atoms with Crippen LogP contribution in [0, 0.1) is 35.0 Å². The van der Waals surface area contributed by atoms with Crippen molar-refractivity contribution in [3.63, 3.8) is 0 Å². The van der Waals surface area contributed by atoms with Crippen molar-refractivity contribution in [3.8, 4) is 0 Å². The van der Waals surface area contributed by atoms with Gasteiger partial charge in [0.05, 0.1) is 0 Å². The standard InChI is InChI=1S/C16H22F5N/c1-4-6-7-10(5-2)8-9-22(3)16-14(20)12(18)11(17)13(19)15(16)21/h10H,4-9H2,1-3H3. The van der Waals surface area contributed by atoms with Gasteiger partial charge in [-0.15, -0.1) is 0 Å². The molecule has 1 aromatic rings. The monoisotopic (exact) mass is 323 g/mol. The maximum atomic E-state index is 13.7. The van der Waals surface area contributed by atoms with Crippen molar-refractivity contribution in [1.29, 1.82) is 0 Å². The lowest BCUT2D eigenvalue weighted by Gasteiger charge is -2.24. The molecule has 0 saturated heterocycles. The number of anilines is 1. The molecule has 0 fully saturated rings. The number of benzene rings is 1. The molecule has 1 aromatic carbocycles. The molecule has 0 aliphatic rings. The van der Waals surface area contributed by atoms with Gasteiger partial charge in [0.15, 0.2) is 23.3 Å². The first-order valence-electron chi connectivity index (χ1n) is 7.57. The van der Waals surface area contributed by atoms with Gasteiger partial charge in [0.25, 0.3) is 0 Å². The van der Waals surface area contributed by atoms with Gasteiger partial charge in [0.2, 0.25) is 5.82 Å². The number of rotatable bonds is 8. The zero-order valence-electron chi connectivity index (χ0n) is 13.2. The topological polar surface area (TPSA) is 3.24 Å². The fraction of sp³-hybridized carbons (Fsp3) is 0.625. The first-order chi connectivity index (χ1) is 10.3. The molecule has 1 atom stereocenters. The maximum absolute atomic E-state index is 13.7. The summed E-state index contributed by atoms with van der Waals surface area (Å²) >= 11 is 0. The van der Waals surface area contributed by atoms with Gasteiger partial charge in [-0.1, -0.05) is 39.5 Å². The average molecular weight is 323 g/mol. The second-order valence-corrected chi connectivity index (χ2v) is 5.55. The average Bonchev–Trinajstić information content (AvgIpc) is 2.51. The lowest BCUT2D eigenvalue weighted by Crippen LogP contribution is -2.24. The highest BCUT2D eigenvalue weighted by Crippen LogP contribution is 2.30. The van der Waals surface area contributed by atoms with Crippen molar-refractivity contribution in [2.75, 3.05) is 18.5 Å². The Morgan fingerprint density at radius 3 is 1.77 bits per heavy atom. The smallest absolute Gasteiger partial charge is 0.200 e. The summed E-state index contributed by atoms with van der Waals surface area (Å²) in [7, 11) is 1.34. The predicted molar refractivity (Wildman–Crippen MR) is 77.4 cm³/mol. The number of halogens is 5. The molecule has 22 heavy (non-hydrogen) atoms. The van der Waals surface area contributed by atoms with Crippen LogP contribution in [0.2, 0.25) is 0 Å². The Hall–Kier alpha value is -1.33. The summed E-state index contributed by atoms with van der Waals surface area (Å²) in [5.41, 5.74) is -0.859. The SMILES string of the molecule is CCCCC(CC)CCN(C)c1c(F)c(F)c(F)c(F)c1F. The molecule has 0 aliphatic heterocycles. The Morgan fingerprint density at radius 2 is 1.32 bits per heavy atom. The third-order valence-electron chi connectivity index (χ3n) is 3.98. The summed E-state index contributed by atoms with van der Waals surface area (Å²) in [6.45, 7) is 4.34. The Morgan fingerprint density at radius 1 is 0.818 bits per heavy atom. The van der Waals surface area contributed by atoms with Crippen LogP contribution in [0.3, 0.4) is 0 Å². The van der Waals surface area contributed by atoms with Gasteiger partial charge in [-0.3, -0.25) is 0 Å². The van der Waals surface area contributed by atoms with Gasteiger partial charge < -0.3 is 4.90 Å². The molecule has 0 radical (unpaired) electrons. The Kier molecular flexibility index (Phi) is 7.10. The van der Waals surface area contributed by atoms with Crippen LogP contribution in [0.15, 0.2) is 0 Å². The second-order valence-electron chi connectivity index (χ2n) is 5.55. The molecule has 1 rings (SSSR count). The molecule has 0 N–H and O–H groups in total. The van der Waals surface area contributed by atoms with Crippen molar-refractivity contribution in [2.24, 2.45) is 5.92 Å². The van der Waals surface area contributed by atoms with E-state index in [9.17, 15) is 22.0 Å². The van der Waals surface area contributed by atoms with E-state index in [-0.39, 0.29) is 6.54 Å². The summed E-state index contributed by atoms with van der Waals surface area (Å²) in [6.07, 6.45) is 4.68. The molecule has 6 heteroatoms. The van der Waals surface area contributed by atoms with E-state index in [4.69, 9.17) is 0 Å². The Balaban J connectivity index is 2.88. The van der Waals surface area contributed by atoms with E-state index in [1.165, 1.54) is 7.05 Å². The van der Waals surface area contributed by atoms with Crippen LogP contribution >= 0.6 is 0 Å². The van der Waals surface area contributed by atoms with E-state index in [2.05, 4.69) is 6.92 Å². The van der Waals surface area contributed by atoms with Gasteiger partial charge >= 0.3 is 0 Å². The van der Waals surface area contributed by atoms with E-state index in [1.807, 2.05) is 6.92 Å². The minimum atomic E-state index is -2.12. The largest absolute Gasteiger partial charge is 0.370 e. The predicted octanol–water partition coefficient (Wildman–Crippen LogP) is 5.42. The summed E-state index contributed by atoms with van der Waals surface area (Å²) in [5, 5.41) is 0. The van der Waals surface area contributed by atoms with Crippen molar-refractivity contribution in [2.45, 2.75) is 46.0 Å². The minimum absolute atomic E-state index is 0.237. The molecule has 126 valence electrons. The molecule has 1 nitrogen and oxygen atoms in total. The van der Waals surface area contributed by atoms with Crippen molar-refractivity contribution < 1.29 is 22.0 Å². The quantitative estimate of drug-likeness (QED) is 0.350. The normalized spacial score (nSPS) is 12.5. The summed E-state index contributed by atoms with van der Waals surface area (Å²) < 4.78 is 66.8. The fourth-order valence-corrected chi connectivity index (χ4v) is 2.46. The Labute approximate surface area is 128 Å². The molecule has 1 unspecified atom stereocenters. The number of hydrogen-bond donors (Lipinski definition) is 0. The third kappa shape index (κ3) is 4.11. The van der Waals surface area contributed by atoms with Crippen LogP contribution in [-0.4, -0.2) is 13.6 Å². The maximum Gasteiger partial charge on any atom is 0.200 e. The molecular weight excluding hydrogens is 301 g/mol. The Bertz CT molecular complexity index is 475. The fourth-order valence-electron chi connectivity index (χ4n) is 2.46. The van der Waals surface area contributed by atoms with Crippen LogP contribution in [0.4, 0.5) is 27.6 Å². The summed E-state index contributed by atoms with van der Waals surface area (Å²) in [5.74, 6) is -9.11. The zero-order chi connectivity index (χ0) is 16.9. The van der Waals surface area contributed by atoms with Crippen LogP contribution < -0.4 is 4.90 Å². The van der Waals surface area contributed by atoms with E-state index in [1.54, 1.807) is 0 Å². The molecule has 0 saturated carbocycles. The van der Waals surface area contributed by atoms with E-state index in [0.29, 0.717) is 12.3 Å². The van der Waals surface area contributed by atoms with E-state index in [0.717, 1.165) is 30.6 Å². The lowest BCUT2D eigenvalue weighted by molar-refractivity contribution is 0.376. The van der Waals surface area contributed by atoms with Gasteiger partial charge in [-0.05, 0) is 12.3 Å². The highest BCUT2D eigenvalue weighted by molar-refractivity contribution is 5.49. The minimum Gasteiger partial charge on any atom is -0.370 e. The molecular formula is C16H22F5N. The number of hydrogen-bond acceptors (Lipinski definition) is 1.